The van der Waals surface area contributed by atoms with Gasteiger partial charge >= 0.3 is 0 Å². The Morgan fingerprint density at radius 3 is 2.91 bits per heavy atom. The Kier molecular flexibility index (Phi) is 3.85. The van der Waals surface area contributed by atoms with Crippen LogP contribution in [0.1, 0.15) is 29.6 Å². The first-order valence-electron chi connectivity index (χ1n) is 8.18. The summed E-state index contributed by atoms with van der Waals surface area (Å²) in [6.45, 7) is 2.30. The Balaban J connectivity index is 1.36. The molecule has 5 nitrogen and oxygen atoms in total. The van der Waals surface area contributed by atoms with E-state index in [2.05, 4.69) is 5.32 Å². The number of rotatable bonds is 4. The van der Waals surface area contributed by atoms with Crippen molar-refractivity contribution in [2.24, 2.45) is 17.8 Å². The molecule has 0 spiro atoms. The molecule has 1 aromatic carbocycles. The molecule has 1 N–H and O–H groups in total. The van der Waals surface area contributed by atoms with Crippen molar-refractivity contribution >= 4 is 5.91 Å². The summed E-state index contributed by atoms with van der Waals surface area (Å²) >= 11 is 0. The van der Waals surface area contributed by atoms with E-state index in [0.29, 0.717) is 30.0 Å². The van der Waals surface area contributed by atoms with Crippen LogP contribution in [-0.2, 0) is 4.74 Å². The monoisotopic (exact) mass is 321 g/mol. The van der Waals surface area contributed by atoms with Gasteiger partial charge in [-0.15, -0.1) is 0 Å². The topological polar surface area (TPSA) is 56.8 Å². The van der Waals surface area contributed by atoms with Crippen molar-refractivity contribution in [3.8, 4) is 11.5 Å². The molecule has 6 heteroatoms. The van der Waals surface area contributed by atoms with Crippen molar-refractivity contribution in [1.82, 2.24) is 5.32 Å². The average Bonchev–Trinajstić information content (AvgIpc) is 3.21. The van der Waals surface area contributed by atoms with E-state index in [9.17, 15) is 9.18 Å². The first-order chi connectivity index (χ1) is 11.2. The van der Waals surface area contributed by atoms with E-state index in [0.717, 1.165) is 32.5 Å². The summed E-state index contributed by atoms with van der Waals surface area (Å²) in [6, 6.07) is 2.72. The molecular formula is C17H20FNO4. The average molecular weight is 321 g/mol. The van der Waals surface area contributed by atoms with Gasteiger partial charge in [0.15, 0.2) is 11.5 Å². The van der Waals surface area contributed by atoms with Gasteiger partial charge in [-0.1, -0.05) is 0 Å². The zero-order chi connectivity index (χ0) is 15.8. The number of hydrogen-bond donors (Lipinski definition) is 1. The normalized spacial score (nSPS) is 26.1. The lowest BCUT2D eigenvalue weighted by Gasteiger charge is -2.22. The van der Waals surface area contributed by atoms with Crippen LogP contribution in [0.5, 0.6) is 11.5 Å². The lowest BCUT2D eigenvalue weighted by molar-refractivity contribution is 0.0580. The Hall–Kier alpha value is -1.82. The highest BCUT2D eigenvalue weighted by Crippen LogP contribution is 2.47. The molecule has 1 aliphatic carbocycles. The molecule has 4 rings (SSSR count). The van der Waals surface area contributed by atoms with E-state index >= 15 is 0 Å². The van der Waals surface area contributed by atoms with E-state index in [1.54, 1.807) is 0 Å². The number of carbonyl (C=O) groups is 1. The van der Waals surface area contributed by atoms with E-state index in [1.807, 2.05) is 0 Å². The fourth-order valence-electron chi connectivity index (χ4n) is 3.70. The van der Waals surface area contributed by atoms with Crippen LogP contribution < -0.4 is 14.8 Å². The van der Waals surface area contributed by atoms with Crippen LogP contribution in [0.25, 0.3) is 0 Å². The van der Waals surface area contributed by atoms with Crippen LogP contribution in [0.15, 0.2) is 12.1 Å². The van der Waals surface area contributed by atoms with Crippen LogP contribution in [-0.4, -0.2) is 32.5 Å². The van der Waals surface area contributed by atoms with Gasteiger partial charge in [-0.2, -0.15) is 0 Å². The van der Waals surface area contributed by atoms with Crippen molar-refractivity contribution in [2.45, 2.75) is 19.3 Å². The summed E-state index contributed by atoms with van der Waals surface area (Å²) in [7, 11) is 0. The van der Waals surface area contributed by atoms with Gasteiger partial charge in [0.2, 0.25) is 6.79 Å². The second-order valence-electron chi connectivity index (χ2n) is 6.48. The summed E-state index contributed by atoms with van der Waals surface area (Å²) in [5, 5.41) is 2.85. The Morgan fingerprint density at radius 1 is 1.26 bits per heavy atom. The highest BCUT2D eigenvalue weighted by atomic mass is 19.1. The molecule has 2 fully saturated rings. The Labute approximate surface area is 134 Å². The molecule has 0 unspecified atom stereocenters. The number of fused-ring (bicyclic) bond motifs is 1. The van der Waals surface area contributed by atoms with Crippen molar-refractivity contribution < 1.29 is 23.4 Å². The standard InChI is InChI=1S/C17H20FNO4/c18-13-1-2-14-16(23-9-22-14)15(13)17(20)19-8-11-7-12(11)10-3-5-21-6-4-10/h1-2,10-12H,3-9H2,(H,19,20)/t11-,12-/m0/s1. The fourth-order valence-corrected chi connectivity index (χ4v) is 3.70. The summed E-state index contributed by atoms with van der Waals surface area (Å²) in [4.78, 5) is 12.3. The highest BCUT2D eigenvalue weighted by Gasteiger charge is 2.43. The van der Waals surface area contributed by atoms with Crippen molar-refractivity contribution in [3.63, 3.8) is 0 Å². The zero-order valence-corrected chi connectivity index (χ0v) is 12.8. The number of benzene rings is 1. The maximum atomic E-state index is 14.0. The quantitative estimate of drug-likeness (QED) is 0.925. The summed E-state index contributed by atoms with van der Waals surface area (Å²) in [6.07, 6.45) is 3.36. The molecule has 2 heterocycles. The van der Waals surface area contributed by atoms with Crippen LogP contribution >= 0.6 is 0 Å². The SMILES string of the molecule is O=C(NC[C@@H]1C[C@H]1C1CCOCC1)c1c(F)ccc2c1OCO2. The summed E-state index contributed by atoms with van der Waals surface area (Å²) in [5.74, 6) is 1.50. The summed E-state index contributed by atoms with van der Waals surface area (Å²) in [5.41, 5.74) is -0.0525. The Morgan fingerprint density at radius 2 is 2.09 bits per heavy atom. The van der Waals surface area contributed by atoms with Crippen molar-refractivity contribution in [3.05, 3.63) is 23.5 Å². The molecule has 0 radical (unpaired) electrons. The molecular weight excluding hydrogens is 301 g/mol. The number of carbonyl (C=O) groups excluding carboxylic acids is 1. The third kappa shape index (κ3) is 2.87. The van der Waals surface area contributed by atoms with E-state index in [1.165, 1.54) is 12.1 Å². The fraction of sp³-hybridized carbons (Fsp3) is 0.588. The third-order valence-electron chi connectivity index (χ3n) is 5.09. The molecule has 1 aromatic rings. The summed E-state index contributed by atoms with van der Waals surface area (Å²) < 4.78 is 29.8. The van der Waals surface area contributed by atoms with Gasteiger partial charge in [0.1, 0.15) is 11.4 Å². The molecule has 124 valence electrons. The molecule has 2 aliphatic heterocycles. The minimum Gasteiger partial charge on any atom is -0.454 e. The van der Waals surface area contributed by atoms with E-state index in [4.69, 9.17) is 14.2 Å². The molecule has 3 aliphatic rings. The predicted molar refractivity (Wildman–Crippen MR) is 80.0 cm³/mol. The minimum atomic E-state index is -0.580. The van der Waals surface area contributed by atoms with E-state index < -0.39 is 11.7 Å². The first-order valence-corrected chi connectivity index (χ1v) is 8.18. The lowest BCUT2D eigenvalue weighted by Crippen LogP contribution is -2.28. The van der Waals surface area contributed by atoms with Crippen LogP contribution in [0.3, 0.4) is 0 Å². The third-order valence-corrected chi connectivity index (χ3v) is 5.09. The van der Waals surface area contributed by atoms with Gasteiger partial charge < -0.3 is 19.5 Å². The number of nitrogens with one attached hydrogen (secondary N) is 1. The van der Waals surface area contributed by atoms with Gasteiger partial charge in [0, 0.05) is 19.8 Å². The molecule has 0 bridgehead atoms. The van der Waals surface area contributed by atoms with Crippen LogP contribution in [0.2, 0.25) is 0 Å². The molecule has 23 heavy (non-hydrogen) atoms. The molecule has 2 atom stereocenters. The van der Waals surface area contributed by atoms with Crippen LogP contribution in [0, 0.1) is 23.6 Å². The molecule has 1 amide bonds. The predicted octanol–water partition coefficient (Wildman–Crippen LogP) is 2.35. The number of amides is 1. The lowest BCUT2D eigenvalue weighted by atomic mass is 9.93. The van der Waals surface area contributed by atoms with Gasteiger partial charge in [-0.05, 0) is 49.1 Å². The smallest absolute Gasteiger partial charge is 0.258 e. The van der Waals surface area contributed by atoms with E-state index in [-0.39, 0.29) is 18.1 Å². The molecule has 0 aromatic heterocycles. The van der Waals surface area contributed by atoms with Crippen LogP contribution in [0.4, 0.5) is 4.39 Å². The second kappa shape index (κ2) is 6.00. The van der Waals surface area contributed by atoms with Crippen molar-refractivity contribution in [2.75, 3.05) is 26.6 Å². The Bertz CT molecular complexity index is 615. The number of halogens is 1. The molecule has 1 saturated carbocycles. The zero-order valence-electron chi connectivity index (χ0n) is 12.8. The second-order valence-corrected chi connectivity index (χ2v) is 6.48. The largest absolute Gasteiger partial charge is 0.454 e. The highest BCUT2D eigenvalue weighted by molar-refractivity contribution is 5.98. The van der Waals surface area contributed by atoms with Gasteiger partial charge in [-0.3, -0.25) is 4.79 Å². The number of ether oxygens (including phenoxy) is 3. The maximum Gasteiger partial charge on any atom is 0.258 e. The maximum absolute atomic E-state index is 14.0. The minimum absolute atomic E-state index is 0.0213. The first kappa shape index (κ1) is 14.8. The van der Waals surface area contributed by atoms with Gasteiger partial charge in [-0.25, -0.2) is 4.39 Å². The number of hydrogen-bond acceptors (Lipinski definition) is 4. The molecule has 1 saturated heterocycles. The van der Waals surface area contributed by atoms with Gasteiger partial charge in [0.25, 0.3) is 5.91 Å². The van der Waals surface area contributed by atoms with Gasteiger partial charge in [0.05, 0.1) is 0 Å². The van der Waals surface area contributed by atoms with Crippen molar-refractivity contribution in [1.29, 1.82) is 0 Å².